The predicted octanol–water partition coefficient (Wildman–Crippen LogP) is 4.39. The number of carbonyl (C=O) groups is 1. The SMILES string of the molecule is COc1cc([C@@H]2Nc3ccccc3C(=O)N2c2ccc(C)cc2)cc([N+](=O)[O-])c1O. The highest BCUT2D eigenvalue weighted by atomic mass is 16.6. The van der Waals surface area contributed by atoms with Crippen molar-refractivity contribution in [3.05, 3.63) is 87.5 Å². The van der Waals surface area contributed by atoms with Crippen LogP contribution in [0.2, 0.25) is 0 Å². The van der Waals surface area contributed by atoms with Crippen LogP contribution in [0.1, 0.15) is 27.7 Å². The van der Waals surface area contributed by atoms with Crippen LogP contribution in [0.5, 0.6) is 11.5 Å². The number of fused-ring (bicyclic) bond motifs is 1. The largest absolute Gasteiger partial charge is 0.500 e. The van der Waals surface area contributed by atoms with Gasteiger partial charge in [-0.2, -0.15) is 0 Å². The number of nitrogens with one attached hydrogen (secondary N) is 1. The number of aryl methyl sites for hydroxylation is 1. The zero-order valence-electron chi connectivity index (χ0n) is 16.3. The Morgan fingerprint density at radius 1 is 1.13 bits per heavy atom. The van der Waals surface area contributed by atoms with E-state index < -0.39 is 22.5 Å². The average molecular weight is 405 g/mol. The lowest BCUT2D eigenvalue weighted by molar-refractivity contribution is -0.386. The summed E-state index contributed by atoms with van der Waals surface area (Å²) in [6.07, 6.45) is -0.747. The van der Waals surface area contributed by atoms with Gasteiger partial charge in [0.15, 0.2) is 5.75 Å². The molecule has 0 bridgehead atoms. The van der Waals surface area contributed by atoms with Crippen LogP contribution >= 0.6 is 0 Å². The lowest BCUT2D eigenvalue weighted by Gasteiger charge is -2.38. The van der Waals surface area contributed by atoms with Crippen LogP contribution in [0.3, 0.4) is 0 Å². The highest BCUT2D eigenvalue weighted by Crippen LogP contribution is 2.42. The van der Waals surface area contributed by atoms with Crippen LogP contribution in [0, 0.1) is 17.0 Å². The number of aromatic hydroxyl groups is 1. The van der Waals surface area contributed by atoms with Crippen molar-refractivity contribution in [2.45, 2.75) is 13.1 Å². The molecule has 1 atom stereocenters. The van der Waals surface area contributed by atoms with Gasteiger partial charge in [0.1, 0.15) is 6.17 Å². The van der Waals surface area contributed by atoms with Crippen LogP contribution in [0.15, 0.2) is 60.7 Å². The summed E-state index contributed by atoms with van der Waals surface area (Å²) in [5.41, 5.74) is 2.68. The Bertz CT molecular complexity index is 1140. The number of para-hydroxylation sites is 1. The Kier molecular flexibility index (Phi) is 4.75. The number of ether oxygens (including phenoxy) is 1. The molecule has 1 aliphatic rings. The van der Waals surface area contributed by atoms with Gasteiger partial charge >= 0.3 is 5.69 Å². The lowest BCUT2D eigenvalue weighted by Crippen LogP contribution is -2.43. The molecule has 1 heterocycles. The molecular weight excluding hydrogens is 386 g/mol. The molecule has 1 amide bonds. The third kappa shape index (κ3) is 3.18. The number of methoxy groups -OCH3 is 1. The number of nitro benzene ring substituents is 1. The van der Waals surface area contributed by atoms with Crippen molar-refractivity contribution in [1.29, 1.82) is 0 Å². The second-order valence-electron chi connectivity index (χ2n) is 6.95. The normalized spacial score (nSPS) is 15.3. The van der Waals surface area contributed by atoms with Gasteiger partial charge in [0.2, 0.25) is 5.75 Å². The zero-order chi connectivity index (χ0) is 21.4. The molecule has 0 unspecified atom stereocenters. The van der Waals surface area contributed by atoms with Crippen LogP contribution in [-0.4, -0.2) is 23.0 Å². The number of benzene rings is 3. The smallest absolute Gasteiger partial charge is 0.315 e. The van der Waals surface area contributed by atoms with Gasteiger partial charge in [-0.3, -0.25) is 19.8 Å². The molecule has 0 spiro atoms. The molecular formula is C22H19N3O5. The number of amides is 1. The molecule has 4 rings (SSSR count). The number of phenolic OH excluding ortho intramolecular Hbond substituents is 1. The summed E-state index contributed by atoms with van der Waals surface area (Å²) in [7, 11) is 1.31. The maximum Gasteiger partial charge on any atom is 0.315 e. The van der Waals surface area contributed by atoms with Crippen molar-refractivity contribution in [1.82, 2.24) is 0 Å². The van der Waals surface area contributed by atoms with Gasteiger partial charge in [0.25, 0.3) is 5.91 Å². The van der Waals surface area contributed by atoms with Gasteiger partial charge < -0.3 is 15.2 Å². The van der Waals surface area contributed by atoms with Crippen LogP contribution in [0.25, 0.3) is 0 Å². The minimum Gasteiger partial charge on any atom is -0.500 e. The quantitative estimate of drug-likeness (QED) is 0.493. The summed E-state index contributed by atoms with van der Waals surface area (Å²) >= 11 is 0. The number of hydrogen-bond acceptors (Lipinski definition) is 6. The molecule has 8 nitrogen and oxygen atoms in total. The van der Waals surface area contributed by atoms with E-state index in [1.165, 1.54) is 24.1 Å². The monoisotopic (exact) mass is 405 g/mol. The van der Waals surface area contributed by atoms with E-state index in [2.05, 4.69) is 5.32 Å². The average Bonchev–Trinajstić information content (AvgIpc) is 2.74. The molecule has 0 saturated heterocycles. The maximum atomic E-state index is 13.4. The molecule has 0 saturated carbocycles. The second-order valence-corrected chi connectivity index (χ2v) is 6.95. The van der Waals surface area contributed by atoms with Crippen molar-refractivity contribution >= 4 is 23.0 Å². The summed E-state index contributed by atoms with van der Waals surface area (Å²) in [5, 5.41) is 24.9. The number of nitrogens with zero attached hydrogens (tertiary/aromatic N) is 2. The Morgan fingerprint density at radius 3 is 2.50 bits per heavy atom. The van der Waals surface area contributed by atoms with E-state index in [1.54, 1.807) is 24.3 Å². The minimum absolute atomic E-state index is 0.0452. The minimum atomic E-state index is -0.747. The predicted molar refractivity (Wildman–Crippen MR) is 112 cm³/mol. The van der Waals surface area contributed by atoms with Gasteiger partial charge in [-0.25, -0.2) is 0 Å². The highest BCUT2D eigenvalue weighted by Gasteiger charge is 2.35. The number of phenols is 1. The first-order chi connectivity index (χ1) is 14.4. The number of hydrogen-bond donors (Lipinski definition) is 2. The summed E-state index contributed by atoms with van der Waals surface area (Å²) in [4.78, 5) is 25.7. The maximum absolute atomic E-state index is 13.4. The van der Waals surface area contributed by atoms with E-state index in [-0.39, 0.29) is 11.7 Å². The molecule has 0 aliphatic carbocycles. The molecule has 8 heteroatoms. The molecule has 0 fully saturated rings. The first kappa shape index (κ1) is 19.3. The van der Waals surface area contributed by atoms with E-state index in [4.69, 9.17) is 4.74 Å². The Morgan fingerprint density at radius 2 is 1.83 bits per heavy atom. The zero-order valence-corrected chi connectivity index (χ0v) is 16.3. The summed E-state index contributed by atoms with van der Waals surface area (Å²) in [5.74, 6) is -0.847. The highest BCUT2D eigenvalue weighted by molar-refractivity contribution is 6.12. The van der Waals surface area contributed by atoms with Crippen molar-refractivity contribution in [3.63, 3.8) is 0 Å². The van der Waals surface area contributed by atoms with Crippen LogP contribution in [-0.2, 0) is 0 Å². The van der Waals surface area contributed by atoms with Gasteiger partial charge in [0.05, 0.1) is 17.6 Å². The molecule has 3 aromatic rings. The van der Waals surface area contributed by atoms with Crippen molar-refractivity contribution in [2.75, 3.05) is 17.3 Å². The van der Waals surface area contributed by atoms with E-state index in [1.807, 2.05) is 31.2 Å². The third-order valence-corrected chi connectivity index (χ3v) is 5.05. The van der Waals surface area contributed by atoms with Crippen molar-refractivity contribution in [3.8, 4) is 11.5 Å². The first-order valence-electron chi connectivity index (χ1n) is 9.22. The summed E-state index contributed by atoms with van der Waals surface area (Å²) in [6.45, 7) is 1.95. The van der Waals surface area contributed by atoms with Gasteiger partial charge in [0, 0.05) is 23.0 Å². The molecule has 3 aromatic carbocycles. The Labute approximate surface area is 172 Å². The van der Waals surface area contributed by atoms with Crippen molar-refractivity contribution < 1.29 is 19.6 Å². The first-order valence-corrected chi connectivity index (χ1v) is 9.22. The molecule has 2 N–H and O–H groups in total. The van der Waals surface area contributed by atoms with Crippen LogP contribution in [0.4, 0.5) is 17.1 Å². The number of nitro groups is 1. The number of carbonyl (C=O) groups excluding carboxylic acids is 1. The van der Waals surface area contributed by atoms with E-state index in [0.717, 1.165) is 5.56 Å². The molecule has 0 aromatic heterocycles. The van der Waals surface area contributed by atoms with Crippen LogP contribution < -0.4 is 15.0 Å². The van der Waals surface area contributed by atoms with E-state index in [0.29, 0.717) is 22.5 Å². The third-order valence-electron chi connectivity index (χ3n) is 5.05. The number of rotatable bonds is 4. The fraction of sp³-hybridized carbons (Fsp3) is 0.136. The molecule has 152 valence electrons. The van der Waals surface area contributed by atoms with Gasteiger partial charge in [-0.15, -0.1) is 0 Å². The topological polar surface area (TPSA) is 105 Å². The number of anilines is 2. The summed E-state index contributed by atoms with van der Waals surface area (Å²) in [6, 6.07) is 17.2. The van der Waals surface area contributed by atoms with Crippen molar-refractivity contribution in [2.24, 2.45) is 0 Å². The fourth-order valence-electron chi connectivity index (χ4n) is 3.52. The standard InChI is InChI=1S/C22H19N3O5/c1-13-7-9-15(10-8-13)24-21(23-17-6-4-3-5-16(17)22(24)27)14-11-18(25(28)29)20(26)19(12-14)30-2/h3-12,21,23,26H,1-2H3/t21-/m1/s1. The van der Waals surface area contributed by atoms with Gasteiger partial charge in [-0.1, -0.05) is 29.8 Å². The van der Waals surface area contributed by atoms with E-state index in [9.17, 15) is 20.0 Å². The fourth-order valence-corrected chi connectivity index (χ4v) is 3.52. The van der Waals surface area contributed by atoms with E-state index >= 15 is 0 Å². The Hall–Kier alpha value is -4.07. The summed E-state index contributed by atoms with van der Waals surface area (Å²) < 4.78 is 5.13. The Balaban J connectivity index is 1.92. The second kappa shape index (κ2) is 7.40. The molecule has 0 radical (unpaired) electrons. The lowest BCUT2D eigenvalue weighted by atomic mass is 10.0. The molecule has 30 heavy (non-hydrogen) atoms. The van der Waals surface area contributed by atoms with Gasteiger partial charge in [-0.05, 0) is 37.3 Å². The molecule has 1 aliphatic heterocycles.